The third kappa shape index (κ3) is 4.67. The zero-order chi connectivity index (χ0) is 10.4. The second-order valence-electron chi connectivity index (χ2n) is 2.60. The number of carbonyl (C=O) groups excluding carboxylic acids is 1. The fourth-order valence-electron chi connectivity index (χ4n) is 0.736. The van der Waals surface area contributed by atoms with Crippen molar-refractivity contribution in [2.24, 2.45) is 0 Å². The van der Waals surface area contributed by atoms with Crippen molar-refractivity contribution in [2.75, 3.05) is 6.61 Å². The summed E-state index contributed by atoms with van der Waals surface area (Å²) >= 11 is 0. The summed E-state index contributed by atoms with van der Waals surface area (Å²) in [6.07, 6.45) is 1.38. The SMILES string of the molecule is CCOC(=O)C(C)=CC(C)[SH](=O)=O. The first-order valence-electron chi connectivity index (χ1n) is 3.98. The topological polar surface area (TPSA) is 60.4 Å². The van der Waals surface area contributed by atoms with Crippen LogP contribution in [0, 0.1) is 0 Å². The Kier molecular flexibility index (Phi) is 5.37. The standard InChI is InChI=1S/C8H14O4S/c1-4-12-8(9)6(2)5-7(3)13(10)11/h5,7,13H,4H2,1-3H3. The number of hydrogen-bond acceptors (Lipinski definition) is 4. The van der Waals surface area contributed by atoms with Gasteiger partial charge in [-0.05, 0) is 20.8 Å². The molecule has 0 aliphatic heterocycles. The van der Waals surface area contributed by atoms with E-state index in [1.165, 1.54) is 19.9 Å². The van der Waals surface area contributed by atoms with Gasteiger partial charge in [-0.3, -0.25) is 0 Å². The van der Waals surface area contributed by atoms with E-state index >= 15 is 0 Å². The molecule has 0 saturated heterocycles. The average molecular weight is 206 g/mol. The maximum absolute atomic E-state index is 11.0. The van der Waals surface area contributed by atoms with Crippen LogP contribution in [-0.4, -0.2) is 26.2 Å². The van der Waals surface area contributed by atoms with Crippen LogP contribution in [0.3, 0.4) is 0 Å². The van der Waals surface area contributed by atoms with Gasteiger partial charge >= 0.3 is 5.97 Å². The molecule has 0 aliphatic carbocycles. The predicted octanol–water partition coefficient (Wildman–Crippen LogP) is 0.496. The summed E-state index contributed by atoms with van der Waals surface area (Å²) in [6.45, 7) is 5.03. The second kappa shape index (κ2) is 5.75. The van der Waals surface area contributed by atoms with Crippen LogP contribution in [0.25, 0.3) is 0 Å². The summed E-state index contributed by atoms with van der Waals surface area (Å²) in [5.41, 5.74) is 0.327. The minimum absolute atomic E-state index is 0.294. The first kappa shape index (κ1) is 12.2. The molecule has 76 valence electrons. The lowest BCUT2D eigenvalue weighted by Gasteiger charge is -2.02. The Morgan fingerprint density at radius 1 is 1.54 bits per heavy atom. The Morgan fingerprint density at radius 3 is 2.46 bits per heavy atom. The monoisotopic (exact) mass is 206 g/mol. The first-order valence-corrected chi connectivity index (χ1v) is 5.22. The van der Waals surface area contributed by atoms with Crippen LogP contribution in [0.2, 0.25) is 0 Å². The molecular formula is C8H14O4S. The lowest BCUT2D eigenvalue weighted by Crippen LogP contribution is -2.08. The highest BCUT2D eigenvalue weighted by molar-refractivity contribution is 7.73. The summed E-state index contributed by atoms with van der Waals surface area (Å²) in [7, 11) is -2.51. The van der Waals surface area contributed by atoms with Crippen LogP contribution in [0.15, 0.2) is 11.6 Å². The molecule has 0 spiro atoms. The molecule has 0 aliphatic rings. The number of thiol groups is 1. The Bertz CT molecular complexity index is 270. The van der Waals surface area contributed by atoms with Crippen molar-refractivity contribution in [3.63, 3.8) is 0 Å². The van der Waals surface area contributed by atoms with E-state index in [4.69, 9.17) is 0 Å². The van der Waals surface area contributed by atoms with E-state index < -0.39 is 21.9 Å². The van der Waals surface area contributed by atoms with Crippen LogP contribution in [0.5, 0.6) is 0 Å². The molecule has 13 heavy (non-hydrogen) atoms. The van der Waals surface area contributed by atoms with Crippen LogP contribution in [0.1, 0.15) is 20.8 Å². The summed E-state index contributed by atoms with van der Waals surface area (Å²) < 4.78 is 25.6. The average Bonchev–Trinajstić information content (AvgIpc) is 2.04. The molecule has 0 aromatic rings. The lowest BCUT2D eigenvalue weighted by molar-refractivity contribution is -0.138. The molecule has 0 fully saturated rings. The van der Waals surface area contributed by atoms with Gasteiger partial charge in [0.25, 0.3) is 0 Å². The number of rotatable bonds is 4. The molecule has 0 aromatic carbocycles. The van der Waals surface area contributed by atoms with Gasteiger partial charge in [0.05, 0.1) is 11.9 Å². The van der Waals surface area contributed by atoms with Gasteiger partial charge in [0, 0.05) is 5.57 Å². The van der Waals surface area contributed by atoms with Crippen molar-refractivity contribution in [1.82, 2.24) is 0 Å². The smallest absolute Gasteiger partial charge is 0.333 e. The number of hydrogen-bond donors (Lipinski definition) is 1. The number of carbonyl (C=O) groups is 1. The molecule has 0 bridgehead atoms. The molecule has 0 rings (SSSR count). The minimum Gasteiger partial charge on any atom is -0.463 e. The van der Waals surface area contributed by atoms with Gasteiger partial charge in [-0.25, -0.2) is 13.2 Å². The fourth-order valence-corrected chi connectivity index (χ4v) is 1.08. The molecule has 0 saturated carbocycles. The third-order valence-corrected chi connectivity index (χ3v) is 2.24. The van der Waals surface area contributed by atoms with E-state index in [0.29, 0.717) is 12.2 Å². The minimum atomic E-state index is -2.51. The Hall–Kier alpha value is -0.840. The molecule has 0 N–H and O–H groups in total. The van der Waals surface area contributed by atoms with Crippen molar-refractivity contribution in [2.45, 2.75) is 26.0 Å². The molecule has 0 radical (unpaired) electrons. The highest BCUT2D eigenvalue weighted by Crippen LogP contribution is 2.01. The van der Waals surface area contributed by atoms with E-state index in [2.05, 4.69) is 4.74 Å². The molecule has 1 atom stereocenters. The van der Waals surface area contributed by atoms with Crippen LogP contribution in [-0.2, 0) is 20.2 Å². The summed E-state index contributed by atoms with van der Waals surface area (Å²) in [6, 6.07) is 0. The van der Waals surface area contributed by atoms with Gasteiger partial charge in [0.15, 0.2) is 0 Å². The van der Waals surface area contributed by atoms with Crippen molar-refractivity contribution < 1.29 is 17.9 Å². The summed E-state index contributed by atoms with van der Waals surface area (Å²) in [5, 5.41) is -0.626. The van der Waals surface area contributed by atoms with Gasteiger partial charge < -0.3 is 4.74 Å². The third-order valence-electron chi connectivity index (χ3n) is 1.42. The quantitative estimate of drug-likeness (QED) is 0.413. The Morgan fingerprint density at radius 2 is 2.08 bits per heavy atom. The van der Waals surface area contributed by atoms with E-state index in [1.54, 1.807) is 6.92 Å². The zero-order valence-electron chi connectivity index (χ0n) is 7.94. The largest absolute Gasteiger partial charge is 0.463 e. The van der Waals surface area contributed by atoms with Crippen LogP contribution < -0.4 is 0 Å². The van der Waals surface area contributed by atoms with E-state index in [0.717, 1.165) is 0 Å². The maximum atomic E-state index is 11.0. The van der Waals surface area contributed by atoms with E-state index in [9.17, 15) is 13.2 Å². The summed E-state index contributed by atoms with van der Waals surface area (Å²) in [4.78, 5) is 11.0. The van der Waals surface area contributed by atoms with Crippen LogP contribution in [0.4, 0.5) is 0 Å². The van der Waals surface area contributed by atoms with Crippen LogP contribution >= 0.6 is 0 Å². The second-order valence-corrected chi connectivity index (χ2v) is 3.98. The predicted molar refractivity (Wildman–Crippen MR) is 50.2 cm³/mol. The fraction of sp³-hybridized carbons (Fsp3) is 0.625. The summed E-state index contributed by atoms with van der Waals surface area (Å²) in [5.74, 6) is -0.466. The zero-order valence-corrected chi connectivity index (χ0v) is 8.84. The van der Waals surface area contributed by atoms with E-state index in [1.807, 2.05) is 0 Å². The molecule has 0 heterocycles. The van der Waals surface area contributed by atoms with Gasteiger partial charge in [0.1, 0.15) is 10.7 Å². The van der Waals surface area contributed by atoms with Gasteiger partial charge in [-0.2, -0.15) is 0 Å². The van der Waals surface area contributed by atoms with E-state index in [-0.39, 0.29) is 0 Å². The normalized spacial score (nSPS) is 14.3. The molecule has 4 nitrogen and oxygen atoms in total. The van der Waals surface area contributed by atoms with Gasteiger partial charge in [-0.1, -0.05) is 6.08 Å². The molecule has 0 aromatic heterocycles. The molecule has 5 heteroatoms. The van der Waals surface area contributed by atoms with Crippen molar-refractivity contribution in [3.8, 4) is 0 Å². The highest BCUT2D eigenvalue weighted by Gasteiger charge is 2.07. The van der Waals surface area contributed by atoms with Gasteiger partial charge in [0.2, 0.25) is 0 Å². The molecular weight excluding hydrogens is 192 g/mol. The Balaban J connectivity index is 4.39. The first-order chi connectivity index (χ1) is 5.99. The molecule has 1 unspecified atom stereocenters. The Labute approximate surface area is 79.5 Å². The highest BCUT2D eigenvalue weighted by atomic mass is 32.2. The van der Waals surface area contributed by atoms with Crippen molar-refractivity contribution in [3.05, 3.63) is 11.6 Å². The number of ether oxygens (including phenoxy) is 1. The lowest BCUT2D eigenvalue weighted by atomic mass is 10.2. The van der Waals surface area contributed by atoms with Crippen molar-refractivity contribution >= 4 is 16.7 Å². The van der Waals surface area contributed by atoms with Gasteiger partial charge in [-0.15, -0.1) is 0 Å². The molecule has 0 amide bonds. The maximum Gasteiger partial charge on any atom is 0.333 e. The number of esters is 1. The van der Waals surface area contributed by atoms with Crippen molar-refractivity contribution in [1.29, 1.82) is 0 Å².